The van der Waals surface area contributed by atoms with Crippen LogP contribution in [0.15, 0.2) is 60.7 Å². The second kappa shape index (κ2) is 8.89. The molecule has 3 aromatic rings. The van der Waals surface area contributed by atoms with E-state index in [2.05, 4.69) is 42.6 Å². The first kappa shape index (κ1) is 19.9. The Labute approximate surface area is 167 Å². The third-order valence-electron chi connectivity index (χ3n) is 5.06. The zero-order valence-corrected chi connectivity index (χ0v) is 17.1. The van der Waals surface area contributed by atoms with Gasteiger partial charge in [-0.05, 0) is 42.3 Å². The number of fused-ring (bicyclic) bond motifs is 1. The van der Waals surface area contributed by atoms with Crippen LogP contribution in [-0.2, 0) is 11.3 Å². The maximum absolute atomic E-state index is 12.6. The summed E-state index contributed by atoms with van der Waals surface area (Å²) in [6.07, 6.45) is 0. The van der Waals surface area contributed by atoms with Crippen LogP contribution < -0.4 is 15.0 Å². The summed E-state index contributed by atoms with van der Waals surface area (Å²) in [4.78, 5) is 13.7. The average molecular weight is 378 g/mol. The fourth-order valence-corrected chi connectivity index (χ4v) is 3.71. The topological polar surface area (TPSA) is 42.8 Å². The third-order valence-corrected chi connectivity index (χ3v) is 5.06. The first-order valence-corrected chi connectivity index (χ1v) is 9.69. The molecule has 0 aliphatic rings. The number of methoxy groups -OCH3 is 1. The summed E-state index contributed by atoms with van der Waals surface area (Å²) in [5, 5.41) is 5.53. The van der Waals surface area contributed by atoms with Crippen molar-refractivity contribution in [3.63, 3.8) is 0 Å². The van der Waals surface area contributed by atoms with Crippen LogP contribution in [0.4, 0.5) is 0 Å². The Balaban J connectivity index is 1.64. The van der Waals surface area contributed by atoms with Crippen molar-refractivity contribution < 1.29 is 14.4 Å². The predicted molar refractivity (Wildman–Crippen MR) is 114 cm³/mol. The van der Waals surface area contributed by atoms with Gasteiger partial charge in [-0.1, -0.05) is 54.1 Å². The first-order chi connectivity index (χ1) is 13.5. The van der Waals surface area contributed by atoms with Gasteiger partial charge in [-0.15, -0.1) is 0 Å². The van der Waals surface area contributed by atoms with Crippen LogP contribution in [0.3, 0.4) is 0 Å². The van der Waals surface area contributed by atoms with Gasteiger partial charge in [0.05, 0.1) is 20.2 Å². The van der Waals surface area contributed by atoms with Crippen molar-refractivity contribution in [2.24, 2.45) is 0 Å². The van der Waals surface area contributed by atoms with E-state index in [-0.39, 0.29) is 11.9 Å². The molecule has 0 aliphatic heterocycles. The summed E-state index contributed by atoms with van der Waals surface area (Å²) in [6.45, 7) is 5.25. The number of carbonyl (C=O) groups is 1. The van der Waals surface area contributed by atoms with Crippen molar-refractivity contribution in [2.45, 2.75) is 26.4 Å². The molecule has 0 aliphatic carbocycles. The number of aryl methyl sites for hydroxylation is 1. The van der Waals surface area contributed by atoms with Gasteiger partial charge in [0.1, 0.15) is 12.3 Å². The highest BCUT2D eigenvalue weighted by atomic mass is 16.5. The van der Waals surface area contributed by atoms with E-state index in [1.807, 2.05) is 44.3 Å². The molecule has 0 bridgehead atoms. The highest BCUT2D eigenvalue weighted by Gasteiger charge is 2.17. The summed E-state index contributed by atoms with van der Waals surface area (Å²) in [7, 11) is 3.71. The summed E-state index contributed by atoms with van der Waals surface area (Å²) in [6, 6.07) is 20.6. The van der Waals surface area contributed by atoms with Crippen LogP contribution in [0, 0.1) is 6.92 Å². The van der Waals surface area contributed by atoms with Gasteiger partial charge in [0.2, 0.25) is 0 Å². The number of benzene rings is 3. The Kier molecular flexibility index (Phi) is 6.32. The number of nitrogens with one attached hydrogen (secondary N) is 2. The zero-order chi connectivity index (χ0) is 20.1. The van der Waals surface area contributed by atoms with E-state index in [9.17, 15) is 4.79 Å². The molecular formula is C24H29N2O2+. The molecule has 1 amide bonds. The van der Waals surface area contributed by atoms with Gasteiger partial charge in [-0.3, -0.25) is 4.79 Å². The minimum absolute atomic E-state index is 0.0418. The fraction of sp³-hybridized carbons (Fsp3) is 0.292. The Morgan fingerprint density at radius 2 is 1.86 bits per heavy atom. The number of amides is 1. The van der Waals surface area contributed by atoms with Crippen molar-refractivity contribution in [3.05, 3.63) is 77.4 Å². The van der Waals surface area contributed by atoms with Crippen LogP contribution >= 0.6 is 0 Å². The quantitative estimate of drug-likeness (QED) is 0.665. The SMILES string of the molecule is COc1ccc(C)cc1C[NH+](C)CC(=O)N[C@@H](C)c1cccc2ccccc12. The number of carbonyl (C=O) groups excluding carboxylic acids is 1. The highest BCUT2D eigenvalue weighted by Crippen LogP contribution is 2.24. The minimum Gasteiger partial charge on any atom is -0.496 e. The lowest BCUT2D eigenvalue weighted by Gasteiger charge is -2.19. The van der Waals surface area contributed by atoms with Crippen LogP contribution in [0.2, 0.25) is 0 Å². The lowest BCUT2D eigenvalue weighted by atomic mass is 10.00. The second-order valence-electron chi connectivity index (χ2n) is 7.48. The second-order valence-corrected chi connectivity index (χ2v) is 7.48. The number of hydrogen-bond donors (Lipinski definition) is 2. The van der Waals surface area contributed by atoms with E-state index in [0.717, 1.165) is 28.3 Å². The number of quaternary nitrogens is 1. The van der Waals surface area contributed by atoms with Crippen molar-refractivity contribution in [2.75, 3.05) is 20.7 Å². The van der Waals surface area contributed by atoms with Crippen molar-refractivity contribution in [1.29, 1.82) is 0 Å². The van der Waals surface area contributed by atoms with E-state index >= 15 is 0 Å². The summed E-state index contributed by atoms with van der Waals surface area (Å²) < 4.78 is 5.46. The van der Waals surface area contributed by atoms with Crippen LogP contribution in [0.25, 0.3) is 10.8 Å². The molecule has 0 aromatic heterocycles. The van der Waals surface area contributed by atoms with E-state index in [0.29, 0.717) is 6.54 Å². The molecule has 4 heteroatoms. The molecule has 2 atom stereocenters. The Morgan fingerprint density at radius 3 is 2.64 bits per heavy atom. The normalized spacial score (nSPS) is 13.1. The smallest absolute Gasteiger partial charge is 0.275 e. The van der Waals surface area contributed by atoms with Gasteiger partial charge in [-0.2, -0.15) is 0 Å². The first-order valence-electron chi connectivity index (χ1n) is 9.69. The molecule has 0 saturated heterocycles. The van der Waals surface area contributed by atoms with Crippen LogP contribution in [0.5, 0.6) is 5.75 Å². The Bertz CT molecular complexity index is 962. The molecule has 2 N–H and O–H groups in total. The Morgan fingerprint density at radius 1 is 1.11 bits per heavy atom. The maximum atomic E-state index is 12.6. The van der Waals surface area contributed by atoms with Gasteiger partial charge in [-0.25, -0.2) is 0 Å². The van der Waals surface area contributed by atoms with Crippen molar-refractivity contribution in [3.8, 4) is 5.75 Å². The van der Waals surface area contributed by atoms with Gasteiger partial charge in [0.25, 0.3) is 5.91 Å². The molecule has 3 rings (SSSR count). The summed E-state index contributed by atoms with van der Waals surface area (Å²) in [5.74, 6) is 0.916. The minimum atomic E-state index is -0.0418. The lowest BCUT2D eigenvalue weighted by Crippen LogP contribution is -3.08. The van der Waals surface area contributed by atoms with Crippen molar-refractivity contribution >= 4 is 16.7 Å². The molecule has 0 saturated carbocycles. The maximum Gasteiger partial charge on any atom is 0.275 e. The van der Waals surface area contributed by atoms with Gasteiger partial charge >= 0.3 is 0 Å². The molecule has 0 radical (unpaired) electrons. The van der Waals surface area contributed by atoms with Gasteiger partial charge in [0, 0.05) is 5.56 Å². The zero-order valence-electron chi connectivity index (χ0n) is 17.1. The van der Waals surface area contributed by atoms with Crippen molar-refractivity contribution in [1.82, 2.24) is 5.32 Å². The van der Waals surface area contributed by atoms with Crippen LogP contribution in [-0.4, -0.2) is 26.6 Å². The molecular weight excluding hydrogens is 348 g/mol. The monoisotopic (exact) mass is 377 g/mol. The highest BCUT2D eigenvalue weighted by molar-refractivity contribution is 5.87. The van der Waals surface area contributed by atoms with E-state index in [4.69, 9.17) is 4.74 Å². The molecule has 3 aromatic carbocycles. The lowest BCUT2D eigenvalue weighted by molar-refractivity contribution is -0.885. The van der Waals surface area contributed by atoms with Gasteiger partial charge < -0.3 is 15.0 Å². The van der Waals surface area contributed by atoms with E-state index in [1.165, 1.54) is 16.3 Å². The number of hydrogen-bond acceptors (Lipinski definition) is 2. The molecule has 0 fully saturated rings. The molecule has 0 spiro atoms. The predicted octanol–water partition coefficient (Wildman–Crippen LogP) is 3.05. The van der Waals surface area contributed by atoms with Crippen LogP contribution in [0.1, 0.15) is 29.7 Å². The number of likely N-dealkylation sites (N-methyl/N-ethyl adjacent to an activating group) is 1. The molecule has 0 heterocycles. The number of rotatable bonds is 7. The summed E-state index contributed by atoms with van der Waals surface area (Å²) in [5.41, 5.74) is 3.46. The summed E-state index contributed by atoms with van der Waals surface area (Å²) >= 11 is 0. The van der Waals surface area contributed by atoms with E-state index < -0.39 is 0 Å². The molecule has 1 unspecified atom stereocenters. The molecule has 28 heavy (non-hydrogen) atoms. The standard InChI is InChI=1S/C24H28N2O2/c1-17-12-13-23(28-4)20(14-17)15-26(3)16-24(27)25-18(2)21-11-7-9-19-8-5-6-10-22(19)21/h5-14,18H,15-16H2,1-4H3,(H,25,27)/p+1/t18-/m0/s1. The largest absolute Gasteiger partial charge is 0.496 e. The Hall–Kier alpha value is -2.85. The third kappa shape index (κ3) is 4.70. The number of ether oxygens (including phenoxy) is 1. The fourth-order valence-electron chi connectivity index (χ4n) is 3.71. The molecule has 146 valence electrons. The average Bonchev–Trinajstić information content (AvgIpc) is 2.67. The van der Waals surface area contributed by atoms with Gasteiger partial charge in [0.15, 0.2) is 6.54 Å². The van der Waals surface area contributed by atoms with E-state index in [1.54, 1.807) is 7.11 Å². The molecule has 4 nitrogen and oxygen atoms in total.